The van der Waals surface area contributed by atoms with Crippen molar-refractivity contribution in [3.05, 3.63) is 24.0 Å². The Labute approximate surface area is 111 Å². The highest BCUT2D eigenvalue weighted by molar-refractivity contribution is 5.94. The van der Waals surface area contributed by atoms with Gasteiger partial charge in [-0.15, -0.1) is 0 Å². The van der Waals surface area contributed by atoms with E-state index >= 15 is 0 Å². The van der Waals surface area contributed by atoms with Crippen molar-refractivity contribution >= 4 is 11.7 Å². The maximum atomic E-state index is 11.2. The molecule has 0 spiro atoms. The van der Waals surface area contributed by atoms with Crippen LogP contribution in [0.3, 0.4) is 0 Å². The lowest BCUT2D eigenvalue weighted by Crippen LogP contribution is -2.54. The minimum Gasteiger partial charge on any atom is -0.478 e. The van der Waals surface area contributed by atoms with Gasteiger partial charge in [-0.3, -0.25) is 4.98 Å². The third-order valence-corrected chi connectivity index (χ3v) is 3.05. The molecule has 1 unspecified atom stereocenters. The van der Waals surface area contributed by atoms with E-state index in [2.05, 4.69) is 4.98 Å². The monoisotopic (exact) mass is 266 g/mol. The zero-order valence-electron chi connectivity index (χ0n) is 11.0. The van der Waals surface area contributed by atoms with Crippen molar-refractivity contribution in [2.45, 2.75) is 25.6 Å². The maximum absolute atomic E-state index is 11.2. The molecule has 1 aromatic rings. The molecule has 19 heavy (non-hydrogen) atoms. The SMILES string of the molecule is CC1(C)CN(c2ccncc2C(=O)O)CC(CO)O1. The number of nitrogens with zero attached hydrogens (tertiary/aromatic N) is 2. The number of aliphatic hydroxyl groups is 1. The van der Waals surface area contributed by atoms with E-state index in [0.717, 1.165) is 0 Å². The second-order valence-electron chi connectivity index (χ2n) is 5.26. The summed E-state index contributed by atoms with van der Waals surface area (Å²) in [7, 11) is 0. The van der Waals surface area contributed by atoms with Crippen LogP contribution in [0.5, 0.6) is 0 Å². The Kier molecular flexibility index (Phi) is 3.73. The summed E-state index contributed by atoms with van der Waals surface area (Å²) >= 11 is 0. The molecule has 1 aliphatic heterocycles. The van der Waals surface area contributed by atoms with Crippen LogP contribution in [-0.4, -0.2) is 52.6 Å². The summed E-state index contributed by atoms with van der Waals surface area (Å²) in [5.41, 5.74) is 0.333. The largest absolute Gasteiger partial charge is 0.478 e. The standard InChI is InChI=1S/C13H18N2O4/c1-13(2)8-15(6-9(7-16)19-13)11-3-4-14-5-10(11)12(17)18/h3-5,9,16H,6-8H2,1-2H3,(H,17,18). The van der Waals surface area contributed by atoms with Gasteiger partial charge in [0.25, 0.3) is 0 Å². The number of rotatable bonds is 3. The summed E-state index contributed by atoms with van der Waals surface area (Å²) in [6.45, 7) is 4.78. The Bertz CT molecular complexity index is 475. The number of carbonyl (C=O) groups is 1. The lowest BCUT2D eigenvalue weighted by atomic mass is 10.0. The summed E-state index contributed by atoms with van der Waals surface area (Å²) < 4.78 is 5.72. The van der Waals surface area contributed by atoms with Crippen molar-refractivity contribution in [1.82, 2.24) is 4.98 Å². The van der Waals surface area contributed by atoms with Gasteiger partial charge in [0, 0.05) is 25.5 Å². The van der Waals surface area contributed by atoms with E-state index in [4.69, 9.17) is 4.74 Å². The van der Waals surface area contributed by atoms with Gasteiger partial charge in [-0.2, -0.15) is 0 Å². The summed E-state index contributed by atoms with van der Waals surface area (Å²) in [5, 5.41) is 18.5. The van der Waals surface area contributed by atoms with Gasteiger partial charge in [-0.1, -0.05) is 0 Å². The Hall–Kier alpha value is -1.66. The minimum atomic E-state index is -1.01. The first-order valence-electron chi connectivity index (χ1n) is 6.14. The van der Waals surface area contributed by atoms with Crippen LogP contribution in [0.4, 0.5) is 5.69 Å². The van der Waals surface area contributed by atoms with E-state index in [-0.39, 0.29) is 18.3 Å². The first-order chi connectivity index (χ1) is 8.93. The van der Waals surface area contributed by atoms with Crippen molar-refractivity contribution in [3.63, 3.8) is 0 Å². The zero-order valence-corrected chi connectivity index (χ0v) is 11.0. The molecule has 1 fully saturated rings. The number of aromatic nitrogens is 1. The van der Waals surface area contributed by atoms with Crippen LogP contribution < -0.4 is 4.90 Å². The fraction of sp³-hybridized carbons (Fsp3) is 0.538. The van der Waals surface area contributed by atoms with Gasteiger partial charge < -0.3 is 19.8 Å². The summed E-state index contributed by atoms with van der Waals surface area (Å²) in [6, 6.07) is 1.68. The number of pyridine rings is 1. The molecular formula is C13H18N2O4. The Morgan fingerprint density at radius 2 is 2.37 bits per heavy atom. The van der Waals surface area contributed by atoms with Crippen molar-refractivity contribution in [1.29, 1.82) is 0 Å². The highest BCUT2D eigenvalue weighted by Gasteiger charge is 2.34. The van der Waals surface area contributed by atoms with E-state index in [9.17, 15) is 15.0 Å². The second-order valence-corrected chi connectivity index (χ2v) is 5.26. The van der Waals surface area contributed by atoms with Gasteiger partial charge in [-0.25, -0.2) is 4.79 Å². The minimum absolute atomic E-state index is 0.0899. The van der Waals surface area contributed by atoms with Gasteiger partial charge in [0.05, 0.1) is 24.0 Å². The molecule has 6 heteroatoms. The highest BCUT2D eigenvalue weighted by atomic mass is 16.5. The third kappa shape index (κ3) is 3.02. The second kappa shape index (κ2) is 5.14. The van der Waals surface area contributed by atoms with Gasteiger partial charge in [0.1, 0.15) is 5.56 Å². The predicted molar refractivity (Wildman–Crippen MR) is 69.4 cm³/mol. The molecule has 1 atom stereocenters. The van der Waals surface area contributed by atoms with Crippen molar-refractivity contribution < 1.29 is 19.7 Å². The smallest absolute Gasteiger partial charge is 0.339 e. The number of hydrogen-bond donors (Lipinski definition) is 2. The average molecular weight is 266 g/mol. The molecule has 2 N–H and O–H groups in total. The van der Waals surface area contributed by atoms with Gasteiger partial charge in [0.15, 0.2) is 0 Å². The average Bonchev–Trinajstić information content (AvgIpc) is 2.36. The summed E-state index contributed by atoms with van der Waals surface area (Å²) in [6.07, 6.45) is 2.59. The topological polar surface area (TPSA) is 82.9 Å². The van der Waals surface area contributed by atoms with E-state index in [1.807, 2.05) is 18.7 Å². The normalized spacial score (nSPS) is 22.3. The third-order valence-electron chi connectivity index (χ3n) is 3.05. The molecule has 0 radical (unpaired) electrons. The molecule has 6 nitrogen and oxygen atoms in total. The number of aromatic carboxylic acids is 1. The molecule has 1 saturated heterocycles. The molecule has 0 aliphatic carbocycles. The molecule has 0 saturated carbocycles. The first-order valence-corrected chi connectivity index (χ1v) is 6.14. The lowest BCUT2D eigenvalue weighted by molar-refractivity contribution is -0.101. The van der Waals surface area contributed by atoms with Gasteiger partial charge in [-0.05, 0) is 19.9 Å². The quantitative estimate of drug-likeness (QED) is 0.840. The number of anilines is 1. The van der Waals surface area contributed by atoms with Crippen molar-refractivity contribution in [2.75, 3.05) is 24.6 Å². The Balaban J connectivity index is 2.33. The number of aliphatic hydroxyl groups excluding tert-OH is 1. The van der Waals surface area contributed by atoms with Crippen molar-refractivity contribution in [2.24, 2.45) is 0 Å². The lowest BCUT2D eigenvalue weighted by Gasteiger charge is -2.43. The van der Waals surface area contributed by atoms with Crippen LogP contribution in [0.1, 0.15) is 24.2 Å². The Morgan fingerprint density at radius 1 is 1.63 bits per heavy atom. The molecule has 2 heterocycles. The molecule has 104 valence electrons. The number of ether oxygens (including phenoxy) is 1. The van der Waals surface area contributed by atoms with Crippen molar-refractivity contribution in [3.8, 4) is 0 Å². The van der Waals surface area contributed by atoms with E-state index < -0.39 is 11.6 Å². The van der Waals surface area contributed by atoms with E-state index in [1.165, 1.54) is 6.20 Å². The van der Waals surface area contributed by atoms with Gasteiger partial charge in [0.2, 0.25) is 0 Å². The fourth-order valence-electron chi connectivity index (χ4n) is 2.40. The van der Waals surface area contributed by atoms with Crippen LogP contribution in [-0.2, 0) is 4.74 Å². The number of morpholine rings is 1. The number of carboxylic acid groups (broad SMARTS) is 1. The predicted octanol–water partition coefficient (Wildman–Crippen LogP) is 0.756. The van der Waals surface area contributed by atoms with Crippen LogP contribution in [0, 0.1) is 0 Å². The van der Waals surface area contributed by atoms with Crippen LogP contribution in [0.2, 0.25) is 0 Å². The molecule has 0 bridgehead atoms. The van der Waals surface area contributed by atoms with E-state index in [1.54, 1.807) is 12.3 Å². The molecular weight excluding hydrogens is 248 g/mol. The molecule has 1 aliphatic rings. The summed E-state index contributed by atoms with van der Waals surface area (Å²) in [4.78, 5) is 17.0. The van der Waals surface area contributed by atoms with Crippen LogP contribution >= 0.6 is 0 Å². The number of hydrogen-bond acceptors (Lipinski definition) is 5. The highest BCUT2D eigenvalue weighted by Crippen LogP contribution is 2.28. The summed E-state index contributed by atoms with van der Waals surface area (Å²) in [5.74, 6) is -1.01. The molecule has 0 aromatic carbocycles. The van der Waals surface area contributed by atoms with E-state index in [0.29, 0.717) is 18.8 Å². The number of carboxylic acids is 1. The van der Waals surface area contributed by atoms with Crippen LogP contribution in [0.25, 0.3) is 0 Å². The molecule has 1 aromatic heterocycles. The maximum Gasteiger partial charge on any atom is 0.339 e. The van der Waals surface area contributed by atoms with Gasteiger partial charge >= 0.3 is 5.97 Å². The van der Waals surface area contributed by atoms with Crippen LogP contribution in [0.15, 0.2) is 18.5 Å². The molecule has 0 amide bonds. The first kappa shape index (κ1) is 13.8. The Morgan fingerprint density at radius 3 is 3.00 bits per heavy atom. The fourth-order valence-corrected chi connectivity index (χ4v) is 2.40. The zero-order chi connectivity index (χ0) is 14.0. The molecule has 2 rings (SSSR count).